The Balaban J connectivity index is 1.46. The SMILES string of the molecule is C#CCCC1(CCC(=O)N2CCC(n3ccnn3)C2)N=N1. The van der Waals surface area contributed by atoms with Crippen molar-refractivity contribution in [3.05, 3.63) is 12.4 Å². The molecular formula is C14H18N6O. The molecule has 21 heavy (non-hydrogen) atoms. The zero-order valence-corrected chi connectivity index (χ0v) is 11.9. The number of hydrogen-bond donors (Lipinski definition) is 0. The quantitative estimate of drug-likeness (QED) is 0.742. The van der Waals surface area contributed by atoms with Crippen molar-refractivity contribution in [1.82, 2.24) is 19.9 Å². The van der Waals surface area contributed by atoms with Crippen LogP contribution in [0.3, 0.4) is 0 Å². The topological polar surface area (TPSA) is 75.7 Å². The number of amides is 1. The maximum atomic E-state index is 12.3. The molecule has 7 heteroatoms. The number of terminal acetylenes is 1. The molecule has 0 aliphatic carbocycles. The molecule has 1 fully saturated rings. The summed E-state index contributed by atoms with van der Waals surface area (Å²) < 4.78 is 1.83. The van der Waals surface area contributed by atoms with E-state index in [0.717, 1.165) is 19.4 Å². The molecule has 0 bridgehead atoms. The van der Waals surface area contributed by atoms with E-state index in [4.69, 9.17) is 6.42 Å². The van der Waals surface area contributed by atoms with Gasteiger partial charge in [0.1, 0.15) is 0 Å². The Morgan fingerprint density at radius 2 is 2.29 bits per heavy atom. The number of carbonyl (C=O) groups excluding carboxylic acids is 1. The van der Waals surface area contributed by atoms with Crippen LogP contribution < -0.4 is 0 Å². The Hall–Kier alpha value is -2.23. The Labute approximate surface area is 123 Å². The number of nitrogens with zero attached hydrogens (tertiary/aromatic N) is 6. The van der Waals surface area contributed by atoms with Crippen LogP contribution in [0, 0.1) is 12.3 Å². The summed E-state index contributed by atoms with van der Waals surface area (Å²) in [5.74, 6) is 2.76. The summed E-state index contributed by atoms with van der Waals surface area (Å²) in [5, 5.41) is 15.9. The van der Waals surface area contributed by atoms with Crippen molar-refractivity contribution in [2.75, 3.05) is 13.1 Å². The first-order valence-electron chi connectivity index (χ1n) is 7.23. The second-order valence-corrected chi connectivity index (χ2v) is 5.55. The van der Waals surface area contributed by atoms with Gasteiger partial charge in [-0.2, -0.15) is 10.2 Å². The summed E-state index contributed by atoms with van der Waals surface area (Å²) in [7, 11) is 0. The van der Waals surface area contributed by atoms with Gasteiger partial charge < -0.3 is 4.90 Å². The van der Waals surface area contributed by atoms with Gasteiger partial charge in [0.05, 0.1) is 12.2 Å². The van der Waals surface area contributed by atoms with Gasteiger partial charge in [-0.1, -0.05) is 5.21 Å². The second-order valence-electron chi connectivity index (χ2n) is 5.55. The van der Waals surface area contributed by atoms with Gasteiger partial charge in [-0.3, -0.25) is 4.79 Å². The first-order chi connectivity index (χ1) is 10.2. The van der Waals surface area contributed by atoms with Crippen LogP contribution >= 0.6 is 0 Å². The Kier molecular flexibility index (Phi) is 3.69. The molecule has 7 nitrogen and oxygen atoms in total. The molecule has 2 aliphatic rings. The normalized spacial score (nSPS) is 22.2. The molecule has 1 amide bonds. The molecule has 0 saturated carbocycles. The lowest BCUT2D eigenvalue weighted by Crippen LogP contribution is -2.30. The molecule has 1 aromatic rings. The molecule has 3 heterocycles. The molecule has 1 atom stereocenters. The predicted molar refractivity (Wildman–Crippen MR) is 75.1 cm³/mol. The molecule has 110 valence electrons. The average molecular weight is 286 g/mol. The summed E-state index contributed by atoms with van der Waals surface area (Å²) in [6.45, 7) is 1.48. The monoisotopic (exact) mass is 286 g/mol. The van der Waals surface area contributed by atoms with Crippen LogP contribution in [0.4, 0.5) is 0 Å². The van der Waals surface area contributed by atoms with Crippen LogP contribution in [-0.4, -0.2) is 44.6 Å². The minimum Gasteiger partial charge on any atom is -0.340 e. The summed E-state index contributed by atoms with van der Waals surface area (Å²) in [5.41, 5.74) is -0.368. The highest BCUT2D eigenvalue weighted by molar-refractivity contribution is 5.76. The first-order valence-corrected chi connectivity index (χ1v) is 7.23. The molecule has 1 aromatic heterocycles. The Bertz CT molecular complexity index is 567. The molecule has 1 unspecified atom stereocenters. The molecule has 3 rings (SSSR count). The van der Waals surface area contributed by atoms with Crippen molar-refractivity contribution in [2.45, 2.75) is 43.8 Å². The van der Waals surface area contributed by atoms with E-state index >= 15 is 0 Å². The van der Waals surface area contributed by atoms with Gasteiger partial charge in [-0.15, -0.1) is 17.4 Å². The summed E-state index contributed by atoms with van der Waals surface area (Å²) >= 11 is 0. The number of hydrogen-bond acceptors (Lipinski definition) is 5. The van der Waals surface area contributed by atoms with Gasteiger partial charge in [0.15, 0.2) is 5.66 Å². The van der Waals surface area contributed by atoms with E-state index in [1.807, 2.05) is 15.8 Å². The molecule has 1 saturated heterocycles. The summed E-state index contributed by atoms with van der Waals surface area (Å²) in [4.78, 5) is 14.2. The molecule has 0 aromatic carbocycles. The fourth-order valence-electron chi connectivity index (χ4n) is 2.73. The van der Waals surface area contributed by atoms with Crippen molar-refractivity contribution >= 4 is 5.91 Å². The maximum absolute atomic E-state index is 12.3. The zero-order valence-electron chi connectivity index (χ0n) is 11.9. The fourth-order valence-corrected chi connectivity index (χ4v) is 2.73. The Morgan fingerprint density at radius 3 is 2.95 bits per heavy atom. The highest BCUT2D eigenvalue weighted by atomic mass is 16.2. The predicted octanol–water partition coefficient (Wildman–Crippen LogP) is 1.41. The third-order valence-electron chi connectivity index (χ3n) is 4.12. The van der Waals surface area contributed by atoms with Crippen LogP contribution in [0.5, 0.6) is 0 Å². The van der Waals surface area contributed by atoms with E-state index in [1.54, 1.807) is 6.20 Å². The molecule has 0 spiro atoms. The molecule has 2 aliphatic heterocycles. The van der Waals surface area contributed by atoms with Gasteiger partial charge in [-0.25, -0.2) is 4.68 Å². The zero-order chi connectivity index (χ0) is 14.7. The highest BCUT2D eigenvalue weighted by Gasteiger charge is 2.40. The number of likely N-dealkylation sites (tertiary alicyclic amines) is 1. The molecular weight excluding hydrogens is 268 g/mol. The van der Waals surface area contributed by atoms with E-state index in [9.17, 15) is 4.79 Å². The number of carbonyl (C=O) groups is 1. The maximum Gasteiger partial charge on any atom is 0.222 e. The largest absolute Gasteiger partial charge is 0.340 e. The lowest BCUT2D eigenvalue weighted by atomic mass is 10.0. The third-order valence-corrected chi connectivity index (χ3v) is 4.12. The minimum absolute atomic E-state index is 0.162. The van der Waals surface area contributed by atoms with E-state index in [2.05, 4.69) is 26.5 Å². The average Bonchev–Trinajstić information content (AvgIpc) is 2.94. The third kappa shape index (κ3) is 3.10. The van der Waals surface area contributed by atoms with Gasteiger partial charge in [-0.05, 0) is 6.42 Å². The number of rotatable bonds is 6. The van der Waals surface area contributed by atoms with Crippen molar-refractivity contribution in [3.63, 3.8) is 0 Å². The van der Waals surface area contributed by atoms with Gasteiger partial charge >= 0.3 is 0 Å². The smallest absolute Gasteiger partial charge is 0.222 e. The van der Waals surface area contributed by atoms with E-state index < -0.39 is 0 Å². The van der Waals surface area contributed by atoms with Crippen molar-refractivity contribution < 1.29 is 4.79 Å². The Morgan fingerprint density at radius 1 is 1.43 bits per heavy atom. The van der Waals surface area contributed by atoms with E-state index in [-0.39, 0.29) is 17.6 Å². The van der Waals surface area contributed by atoms with Crippen molar-refractivity contribution in [2.24, 2.45) is 10.2 Å². The lowest BCUT2D eigenvalue weighted by Gasteiger charge is -2.17. The van der Waals surface area contributed by atoms with Crippen LogP contribution in [0.25, 0.3) is 0 Å². The lowest BCUT2D eigenvalue weighted by molar-refractivity contribution is -0.130. The standard InChI is InChI=1S/C14H18N6O/c1-2-3-6-14(16-17-14)7-4-13(21)19-9-5-12(11-19)20-10-8-15-18-20/h1,8,10,12H,3-7,9,11H2. The molecule has 0 radical (unpaired) electrons. The van der Waals surface area contributed by atoms with Gasteiger partial charge in [0, 0.05) is 45.0 Å². The van der Waals surface area contributed by atoms with Crippen LogP contribution in [0.2, 0.25) is 0 Å². The van der Waals surface area contributed by atoms with Crippen LogP contribution in [0.15, 0.2) is 22.6 Å². The minimum atomic E-state index is -0.368. The van der Waals surface area contributed by atoms with Crippen molar-refractivity contribution in [1.29, 1.82) is 0 Å². The van der Waals surface area contributed by atoms with E-state index in [1.165, 1.54) is 0 Å². The highest BCUT2D eigenvalue weighted by Crippen LogP contribution is 2.38. The van der Waals surface area contributed by atoms with E-state index in [0.29, 0.717) is 25.8 Å². The first kappa shape index (κ1) is 13.7. The van der Waals surface area contributed by atoms with Crippen molar-refractivity contribution in [3.8, 4) is 12.3 Å². The molecule has 0 N–H and O–H groups in total. The number of aromatic nitrogens is 3. The van der Waals surface area contributed by atoms with Crippen LogP contribution in [0.1, 0.15) is 38.1 Å². The second kappa shape index (κ2) is 5.64. The summed E-state index contributed by atoms with van der Waals surface area (Å²) in [6.07, 6.45) is 12.2. The van der Waals surface area contributed by atoms with Gasteiger partial charge in [0.25, 0.3) is 0 Å². The summed E-state index contributed by atoms with van der Waals surface area (Å²) in [6, 6.07) is 0.238. The van der Waals surface area contributed by atoms with Crippen LogP contribution in [-0.2, 0) is 4.79 Å². The fraction of sp³-hybridized carbons (Fsp3) is 0.643. The van der Waals surface area contributed by atoms with Gasteiger partial charge in [0.2, 0.25) is 5.91 Å².